The van der Waals surface area contributed by atoms with Gasteiger partial charge in [-0.2, -0.15) is 0 Å². The minimum absolute atomic E-state index is 0.202. The minimum Gasteiger partial charge on any atom is -0.490 e. The lowest BCUT2D eigenvalue weighted by Crippen LogP contribution is -2.54. The number of barbiturate groups is 1. The third-order valence-corrected chi connectivity index (χ3v) is 7.22. The number of hydrogen-bond acceptors (Lipinski definition) is 8. The van der Waals surface area contributed by atoms with Gasteiger partial charge in [-0.15, -0.1) is 0 Å². The molecule has 0 aliphatic carbocycles. The molecule has 3 aromatic rings. The predicted octanol–water partition coefficient (Wildman–Crippen LogP) is 6.21. The van der Waals surface area contributed by atoms with Gasteiger partial charge in [0.25, 0.3) is 17.7 Å². The molecule has 45 heavy (non-hydrogen) atoms. The average molecular weight is 748 g/mol. The number of urea groups is 1. The van der Waals surface area contributed by atoms with E-state index in [1.54, 1.807) is 62.4 Å². The Hall–Kier alpha value is -4.30. The van der Waals surface area contributed by atoms with E-state index in [0.29, 0.717) is 56.1 Å². The summed E-state index contributed by atoms with van der Waals surface area (Å²) < 4.78 is 23.5. The van der Waals surface area contributed by atoms with Crippen LogP contribution in [-0.4, -0.2) is 50.2 Å². The van der Waals surface area contributed by atoms with E-state index in [-0.39, 0.29) is 24.5 Å². The zero-order valence-corrected chi connectivity index (χ0v) is 27.7. The maximum Gasteiger partial charge on any atom is 0.335 e. The van der Waals surface area contributed by atoms with Crippen LogP contribution in [0.4, 0.5) is 16.2 Å². The molecule has 13 heteroatoms. The average Bonchev–Trinajstić information content (AvgIpc) is 3.00. The summed E-state index contributed by atoms with van der Waals surface area (Å²) in [4.78, 5) is 52.6. The molecule has 0 radical (unpaired) electrons. The Balaban J connectivity index is 1.59. The van der Waals surface area contributed by atoms with Crippen LogP contribution in [0, 0.1) is 3.57 Å². The number of nitrogens with one attached hydrogen (secondary N) is 2. The van der Waals surface area contributed by atoms with Crippen molar-refractivity contribution in [2.24, 2.45) is 0 Å². The lowest BCUT2D eigenvalue weighted by Gasteiger charge is -2.27. The zero-order valence-electron chi connectivity index (χ0n) is 24.8. The number of benzene rings is 3. The zero-order chi connectivity index (χ0) is 32.5. The highest BCUT2D eigenvalue weighted by molar-refractivity contribution is 14.1. The second kappa shape index (κ2) is 15.6. The first-order valence-electron chi connectivity index (χ1n) is 14.1. The molecule has 0 spiro atoms. The molecular formula is C32H31ClIN3O8. The van der Waals surface area contributed by atoms with E-state index in [1.807, 2.05) is 29.5 Å². The number of carbonyl (C=O) groups is 4. The summed E-state index contributed by atoms with van der Waals surface area (Å²) in [6.07, 6.45) is 2.15. The molecule has 1 heterocycles. The molecule has 236 valence electrons. The van der Waals surface area contributed by atoms with Gasteiger partial charge in [-0.3, -0.25) is 19.7 Å². The highest BCUT2D eigenvalue weighted by Gasteiger charge is 2.37. The molecule has 1 aliphatic heterocycles. The third-order valence-electron chi connectivity index (χ3n) is 6.17. The van der Waals surface area contributed by atoms with Gasteiger partial charge >= 0.3 is 6.03 Å². The number of carbonyl (C=O) groups excluding carboxylic acids is 4. The smallest absolute Gasteiger partial charge is 0.335 e. The number of amides is 5. The third kappa shape index (κ3) is 8.45. The minimum atomic E-state index is -0.892. The Labute approximate surface area is 278 Å². The van der Waals surface area contributed by atoms with Gasteiger partial charge in [0.15, 0.2) is 29.6 Å². The molecule has 1 aliphatic rings. The first-order valence-corrected chi connectivity index (χ1v) is 15.6. The summed E-state index contributed by atoms with van der Waals surface area (Å²) in [7, 11) is 0. The lowest BCUT2D eigenvalue weighted by atomic mass is 10.1. The summed E-state index contributed by atoms with van der Waals surface area (Å²) >= 11 is 7.91. The Kier molecular flexibility index (Phi) is 11.7. The van der Waals surface area contributed by atoms with Gasteiger partial charge < -0.3 is 24.3 Å². The number of rotatable bonds is 13. The van der Waals surface area contributed by atoms with E-state index in [4.69, 9.17) is 30.5 Å². The van der Waals surface area contributed by atoms with Crippen LogP contribution in [0.15, 0.2) is 60.2 Å². The Morgan fingerprint density at radius 2 is 1.62 bits per heavy atom. The quantitative estimate of drug-likeness (QED) is 0.120. The fourth-order valence-corrected chi connectivity index (χ4v) is 5.14. The van der Waals surface area contributed by atoms with Crippen LogP contribution in [-0.2, 0) is 14.4 Å². The maximum atomic E-state index is 13.6. The largest absolute Gasteiger partial charge is 0.490 e. The highest BCUT2D eigenvalue weighted by Crippen LogP contribution is 2.36. The molecule has 2 N–H and O–H groups in total. The second-order valence-electron chi connectivity index (χ2n) is 9.48. The van der Waals surface area contributed by atoms with Crippen molar-refractivity contribution in [3.05, 3.63) is 74.3 Å². The van der Waals surface area contributed by atoms with Crippen molar-refractivity contribution in [2.75, 3.05) is 36.6 Å². The molecule has 1 saturated heterocycles. The van der Waals surface area contributed by atoms with E-state index >= 15 is 0 Å². The van der Waals surface area contributed by atoms with Crippen LogP contribution in [0.2, 0.25) is 5.02 Å². The lowest BCUT2D eigenvalue weighted by molar-refractivity contribution is -0.122. The molecule has 5 amide bonds. The van der Waals surface area contributed by atoms with Gasteiger partial charge in [-0.25, -0.2) is 9.69 Å². The molecule has 0 atom stereocenters. The standard InChI is InChI=1S/C32H31ClIN3O8/c1-4-13-44-25-12-11-22(17-26(25)42-5-2)37-31(40)23(30(39)36-32(37)41)14-19-15-24(34)29(27(16-19)43-6-3)45-18-28(38)35-21-9-7-20(33)8-10-21/h7-12,14-17H,4-6,13,18H2,1-3H3,(H,35,38)(H,36,39,41)/b23-14+. The number of ether oxygens (including phenoxy) is 4. The summed E-state index contributed by atoms with van der Waals surface area (Å²) in [6.45, 7) is 6.34. The van der Waals surface area contributed by atoms with Crippen LogP contribution in [0.5, 0.6) is 23.0 Å². The molecule has 0 aromatic heterocycles. The van der Waals surface area contributed by atoms with Crippen molar-refractivity contribution in [2.45, 2.75) is 27.2 Å². The van der Waals surface area contributed by atoms with E-state index < -0.39 is 23.8 Å². The van der Waals surface area contributed by atoms with Crippen LogP contribution >= 0.6 is 34.2 Å². The second-order valence-corrected chi connectivity index (χ2v) is 11.1. The highest BCUT2D eigenvalue weighted by atomic mass is 127. The van der Waals surface area contributed by atoms with Crippen molar-refractivity contribution < 1.29 is 38.1 Å². The van der Waals surface area contributed by atoms with Gasteiger partial charge in [0, 0.05) is 16.8 Å². The van der Waals surface area contributed by atoms with Crippen molar-refractivity contribution in [3.8, 4) is 23.0 Å². The maximum absolute atomic E-state index is 13.6. The SMILES string of the molecule is CCCOc1ccc(N2C(=O)NC(=O)/C(=C\c3cc(I)c(OCC(=O)Nc4ccc(Cl)cc4)c(OCC)c3)C2=O)cc1OCC. The van der Waals surface area contributed by atoms with E-state index in [0.717, 1.165) is 11.3 Å². The Bertz CT molecular complexity index is 1630. The number of anilines is 2. The molecule has 1 fully saturated rings. The van der Waals surface area contributed by atoms with Crippen LogP contribution in [0.1, 0.15) is 32.8 Å². The molecule has 0 bridgehead atoms. The number of nitrogens with zero attached hydrogens (tertiary/aromatic N) is 1. The molecule has 4 rings (SSSR count). The molecule has 0 unspecified atom stereocenters. The molecule has 3 aromatic carbocycles. The van der Waals surface area contributed by atoms with Gasteiger partial charge in [-0.05, 0) is 103 Å². The van der Waals surface area contributed by atoms with Crippen LogP contribution in [0.25, 0.3) is 6.08 Å². The summed E-state index contributed by atoms with van der Waals surface area (Å²) in [5.41, 5.74) is 0.931. The van der Waals surface area contributed by atoms with Gasteiger partial charge in [0.2, 0.25) is 0 Å². The summed E-state index contributed by atoms with van der Waals surface area (Å²) in [5.74, 6) is -0.607. The van der Waals surface area contributed by atoms with Crippen molar-refractivity contribution in [1.29, 1.82) is 0 Å². The van der Waals surface area contributed by atoms with Gasteiger partial charge in [0.05, 0.1) is 29.1 Å². The predicted molar refractivity (Wildman–Crippen MR) is 178 cm³/mol. The Morgan fingerprint density at radius 1 is 0.911 bits per heavy atom. The fourth-order valence-electron chi connectivity index (χ4n) is 4.24. The molecular weight excluding hydrogens is 717 g/mol. The summed E-state index contributed by atoms with van der Waals surface area (Å²) in [6, 6.07) is 13.7. The number of halogens is 2. The topological polar surface area (TPSA) is 132 Å². The van der Waals surface area contributed by atoms with Crippen LogP contribution in [0.3, 0.4) is 0 Å². The monoisotopic (exact) mass is 747 g/mol. The van der Waals surface area contributed by atoms with Crippen molar-refractivity contribution >= 4 is 75.4 Å². The van der Waals surface area contributed by atoms with E-state index in [1.165, 1.54) is 12.1 Å². The van der Waals surface area contributed by atoms with Gasteiger partial charge in [0.1, 0.15) is 5.57 Å². The van der Waals surface area contributed by atoms with Crippen molar-refractivity contribution in [1.82, 2.24) is 5.32 Å². The molecule has 11 nitrogen and oxygen atoms in total. The first-order chi connectivity index (χ1) is 21.6. The van der Waals surface area contributed by atoms with Crippen LogP contribution < -0.4 is 34.5 Å². The van der Waals surface area contributed by atoms with Crippen molar-refractivity contribution in [3.63, 3.8) is 0 Å². The van der Waals surface area contributed by atoms with Gasteiger partial charge in [-0.1, -0.05) is 18.5 Å². The first kappa shape index (κ1) is 33.6. The number of imide groups is 2. The van der Waals surface area contributed by atoms with E-state index in [9.17, 15) is 19.2 Å². The van der Waals surface area contributed by atoms with E-state index in [2.05, 4.69) is 10.6 Å². The summed E-state index contributed by atoms with van der Waals surface area (Å²) in [5, 5.41) is 5.50. The fraction of sp³-hybridized carbons (Fsp3) is 0.250. The molecule has 0 saturated carbocycles. The Morgan fingerprint density at radius 3 is 2.31 bits per heavy atom. The number of hydrogen-bond donors (Lipinski definition) is 2. The normalized spacial score (nSPS) is 13.8.